The third kappa shape index (κ3) is 4.28. The van der Waals surface area contributed by atoms with Gasteiger partial charge in [0, 0.05) is 12.8 Å². The van der Waals surface area contributed by atoms with Gasteiger partial charge in [0.2, 0.25) is 0 Å². The first-order chi connectivity index (χ1) is 10.7. The molecule has 0 bridgehead atoms. The second-order valence-corrected chi connectivity index (χ2v) is 7.25. The molecule has 0 radical (unpaired) electrons. The number of allylic oxidation sites excluding steroid dienone is 2. The van der Waals surface area contributed by atoms with Crippen molar-refractivity contribution in [3.05, 3.63) is 11.3 Å². The van der Waals surface area contributed by atoms with Crippen molar-refractivity contribution in [1.29, 1.82) is 0 Å². The van der Waals surface area contributed by atoms with Crippen LogP contribution in [-0.2, 0) is 9.63 Å². The summed E-state index contributed by atoms with van der Waals surface area (Å²) in [5.74, 6) is 3.46. The highest BCUT2D eigenvalue weighted by Crippen LogP contribution is 2.38. The molecular formula is C17H27NO3S. The van der Waals surface area contributed by atoms with Crippen molar-refractivity contribution in [2.45, 2.75) is 52.4 Å². The molecule has 2 aliphatic rings. The molecule has 2 atom stereocenters. The Morgan fingerprint density at radius 3 is 2.77 bits per heavy atom. The van der Waals surface area contributed by atoms with Crippen LogP contribution in [0, 0.1) is 11.8 Å². The van der Waals surface area contributed by atoms with Crippen LogP contribution in [0.4, 0.5) is 0 Å². The minimum atomic E-state index is 0.0382. The molecule has 0 unspecified atom stereocenters. The van der Waals surface area contributed by atoms with Crippen LogP contribution in [0.15, 0.2) is 16.5 Å². The molecule has 0 amide bonds. The van der Waals surface area contributed by atoms with E-state index in [0.717, 1.165) is 12.2 Å². The van der Waals surface area contributed by atoms with Gasteiger partial charge in [-0.15, -0.1) is 0 Å². The van der Waals surface area contributed by atoms with E-state index in [1.165, 1.54) is 18.6 Å². The molecule has 124 valence electrons. The van der Waals surface area contributed by atoms with Gasteiger partial charge in [0.05, 0.1) is 11.3 Å². The molecule has 5 heteroatoms. The normalized spacial score (nSPS) is 27.2. The zero-order valence-corrected chi connectivity index (χ0v) is 14.5. The van der Waals surface area contributed by atoms with Gasteiger partial charge < -0.3 is 9.94 Å². The van der Waals surface area contributed by atoms with Crippen LogP contribution in [0.1, 0.15) is 52.4 Å². The molecule has 0 aromatic rings. The SMILES string of the molecule is CCCC(=NOCC)C1=C(O)C[C@H]([C@H]2CCCSC2)CC1=O. The minimum absolute atomic E-state index is 0.0382. The van der Waals surface area contributed by atoms with E-state index in [1.54, 1.807) is 0 Å². The Hall–Kier alpha value is -0.970. The quantitative estimate of drug-likeness (QED) is 0.589. The largest absolute Gasteiger partial charge is 0.511 e. The number of oxime groups is 1. The van der Waals surface area contributed by atoms with E-state index in [-0.39, 0.29) is 11.5 Å². The van der Waals surface area contributed by atoms with Crippen molar-refractivity contribution in [2.75, 3.05) is 18.1 Å². The number of rotatable bonds is 6. The summed E-state index contributed by atoms with van der Waals surface area (Å²) >= 11 is 1.97. The summed E-state index contributed by atoms with van der Waals surface area (Å²) in [6, 6.07) is 0. The van der Waals surface area contributed by atoms with Crippen molar-refractivity contribution in [1.82, 2.24) is 0 Å². The molecule has 0 spiro atoms. The fourth-order valence-corrected chi connectivity index (χ4v) is 4.60. The van der Waals surface area contributed by atoms with E-state index in [9.17, 15) is 9.90 Å². The van der Waals surface area contributed by atoms with Gasteiger partial charge in [-0.25, -0.2) is 0 Å². The Bertz CT molecular complexity index is 453. The van der Waals surface area contributed by atoms with Crippen molar-refractivity contribution in [3.63, 3.8) is 0 Å². The lowest BCUT2D eigenvalue weighted by atomic mass is 9.76. The van der Waals surface area contributed by atoms with Gasteiger partial charge in [-0.2, -0.15) is 11.8 Å². The first-order valence-corrected chi connectivity index (χ1v) is 9.55. The molecule has 1 fully saturated rings. The maximum Gasteiger partial charge on any atom is 0.168 e. The van der Waals surface area contributed by atoms with E-state index in [0.29, 0.717) is 49.0 Å². The fourth-order valence-electron chi connectivity index (χ4n) is 3.32. The molecule has 2 rings (SSSR count). The molecule has 0 aromatic heterocycles. The van der Waals surface area contributed by atoms with Crippen LogP contribution in [0.5, 0.6) is 0 Å². The number of aliphatic hydroxyl groups is 1. The Morgan fingerprint density at radius 1 is 1.36 bits per heavy atom. The number of ketones is 1. The molecule has 1 aliphatic carbocycles. The fraction of sp³-hybridized carbons (Fsp3) is 0.765. The first kappa shape index (κ1) is 17.4. The first-order valence-electron chi connectivity index (χ1n) is 8.39. The number of hydrogen-bond acceptors (Lipinski definition) is 5. The summed E-state index contributed by atoms with van der Waals surface area (Å²) in [5.41, 5.74) is 1.04. The van der Waals surface area contributed by atoms with Crippen LogP contribution in [0.3, 0.4) is 0 Å². The molecule has 0 saturated carbocycles. The molecular weight excluding hydrogens is 298 g/mol. The maximum absolute atomic E-state index is 12.6. The Morgan fingerprint density at radius 2 is 2.18 bits per heavy atom. The Balaban J connectivity index is 2.15. The third-order valence-corrected chi connectivity index (χ3v) is 5.65. The maximum atomic E-state index is 12.6. The molecule has 22 heavy (non-hydrogen) atoms. The number of carbonyl (C=O) groups is 1. The van der Waals surface area contributed by atoms with E-state index in [2.05, 4.69) is 5.16 Å². The second-order valence-electron chi connectivity index (χ2n) is 6.10. The second kappa shape index (κ2) is 8.61. The molecule has 1 N–H and O–H groups in total. The highest BCUT2D eigenvalue weighted by Gasteiger charge is 2.35. The van der Waals surface area contributed by atoms with Gasteiger partial charge in [-0.1, -0.05) is 18.5 Å². The number of thioether (sulfide) groups is 1. The smallest absolute Gasteiger partial charge is 0.168 e. The molecule has 4 nitrogen and oxygen atoms in total. The van der Waals surface area contributed by atoms with Crippen molar-refractivity contribution >= 4 is 23.3 Å². The summed E-state index contributed by atoms with van der Waals surface area (Å²) < 4.78 is 0. The number of Topliss-reactive ketones (excluding diaryl/α,β-unsaturated/α-hetero) is 1. The van der Waals surface area contributed by atoms with Crippen LogP contribution in [0.2, 0.25) is 0 Å². The summed E-state index contributed by atoms with van der Waals surface area (Å²) in [6.45, 7) is 4.37. The predicted molar refractivity (Wildman–Crippen MR) is 91.4 cm³/mol. The highest BCUT2D eigenvalue weighted by atomic mass is 32.2. The van der Waals surface area contributed by atoms with Gasteiger partial charge in [0.25, 0.3) is 0 Å². The monoisotopic (exact) mass is 325 g/mol. The number of nitrogens with zero attached hydrogens (tertiary/aromatic N) is 1. The molecule has 0 aromatic carbocycles. The lowest BCUT2D eigenvalue weighted by molar-refractivity contribution is -0.117. The Labute approximate surface area is 137 Å². The van der Waals surface area contributed by atoms with E-state index < -0.39 is 0 Å². The van der Waals surface area contributed by atoms with E-state index in [1.807, 2.05) is 25.6 Å². The predicted octanol–water partition coefficient (Wildman–Crippen LogP) is 4.11. The topological polar surface area (TPSA) is 58.9 Å². The highest BCUT2D eigenvalue weighted by molar-refractivity contribution is 7.99. The summed E-state index contributed by atoms with van der Waals surface area (Å²) in [4.78, 5) is 17.7. The molecule has 1 aliphatic heterocycles. The van der Waals surface area contributed by atoms with Gasteiger partial charge in [0.15, 0.2) is 5.78 Å². The molecule has 1 saturated heterocycles. The van der Waals surface area contributed by atoms with E-state index >= 15 is 0 Å². The number of aliphatic hydroxyl groups excluding tert-OH is 1. The molecule has 1 heterocycles. The standard InChI is InChI=1S/C17H27NO3S/c1-3-6-14(18-21-4-2)17-15(19)9-13(10-16(17)20)12-7-5-8-22-11-12/h12-13,19H,3-11H2,1-2H3/t12-,13-/m0/s1. The van der Waals surface area contributed by atoms with Gasteiger partial charge in [0.1, 0.15) is 12.4 Å². The van der Waals surface area contributed by atoms with Crippen LogP contribution in [0.25, 0.3) is 0 Å². The number of carbonyl (C=O) groups excluding carboxylic acids is 1. The lowest BCUT2D eigenvalue weighted by Gasteiger charge is -2.32. The average Bonchev–Trinajstić information content (AvgIpc) is 2.52. The summed E-state index contributed by atoms with van der Waals surface area (Å²) in [7, 11) is 0. The zero-order chi connectivity index (χ0) is 15.9. The number of hydrogen-bond donors (Lipinski definition) is 1. The third-order valence-electron chi connectivity index (χ3n) is 4.41. The van der Waals surface area contributed by atoms with Crippen LogP contribution in [-0.4, -0.2) is 34.7 Å². The lowest BCUT2D eigenvalue weighted by Crippen LogP contribution is -2.30. The minimum Gasteiger partial charge on any atom is -0.511 e. The van der Waals surface area contributed by atoms with Gasteiger partial charge >= 0.3 is 0 Å². The summed E-state index contributed by atoms with van der Waals surface area (Å²) in [5, 5.41) is 14.5. The zero-order valence-electron chi connectivity index (χ0n) is 13.6. The van der Waals surface area contributed by atoms with Crippen molar-refractivity contribution in [2.24, 2.45) is 17.0 Å². The Kier molecular flexibility index (Phi) is 6.80. The summed E-state index contributed by atoms with van der Waals surface area (Å²) in [6.07, 6.45) is 5.10. The van der Waals surface area contributed by atoms with Crippen LogP contribution >= 0.6 is 11.8 Å². The van der Waals surface area contributed by atoms with Crippen molar-refractivity contribution < 1.29 is 14.7 Å². The average molecular weight is 325 g/mol. The van der Waals surface area contributed by atoms with Crippen molar-refractivity contribution in [3.8, 4) is 0 Å². The van der Waals surface area contributed by atoms with E-state index in [4.69, 9.17) is 4.84 Å². The van der Waals surface area contributed by atoms with Crippen LogP contribution < -0.4 is 0 Å². The van der Waals surface area contributed by atoms with Gasteiger partial charge in [-0.3, -0.25) is 4.79 Å². The van der Waals surface area contributed by atoms with Gasteiger partial charge in [-0.05, 0) is 49.5 Å².